The summed E-state index contributed by atoms with van der Waals surface area (Å²) in [6, 6.07) is 19.3. The van der Waals surface area contributed by atoms with Crippen molar-refractivity contribution in [2.24, 2.45) is 5.92 Å². The van der Waals surface area contributed by atoms with Crippen LogP contribution < -0.4 is 5.32 Å². The molecule has 2 amide bonds. The summed E-state index contributed by atoms with van der Waals surface area (Å²) in [5.41, 5.74) is 5.19. The molecule has 0 spiro atoms. The summed E-state index contributed by atoms with van der Waals surface area (Å²) in [6.07, 6.45) is 2.00. The molecular formula is C27H25N3O5. The molecule has 8 nitrogen and oxygen atoms in total. The highest BCUT2D eigenvalue weighted by atomic mass is 16.5. The van der Waals surface area contributed by atoms with Gasteiger partial charge in [0.2, 0.25) is 0 Å². The lowest BCUT2D eigenvalue weighted by Gasteiger charge is -2.30. The number of carbonyl (C=O) groups excluding carboxylic acids is 2. The molecule has 1 aliphatic carbocycles. The van der Waals surface area contributed by atoms with E-state index in [2.05, 4.69) is 34.6 Å². The van der Waals surface area contributed by atoms with Gasteiger partial charge in [0.05, 0.1) is 17.8 Å². The first-order valence-corrected chi connectivity index (χ1v) is 11.6. The van der Waals surface area contributed by atoms with Crippen LogP contribution in [0.5, 0.6) is 0 Å². The number of hydrogen-bond donors (Lipinski definition) is 2. The average Bonchev–Trinajstić information content (AvgIpc) is 3.21. The number of nitrogens with one attached hydrogen (secondary N) is 1. The molecule has 0 saturated carbocycles. The maximum Gasteiger partial charge on any atom is 0.411 e. The maximum atomic E-state index is 12.7. The van der Waals surface area contributed by atoms with E-state index in [0.717, 1.165) is 22.3 Å². The van der Waals surface area contributed by atoms with Crippen molar-refractivity contribution in [2.75, 3.05) is 25.0 Å². The van der Waals surface area contributed by atoms with Crippen LogP contribution in [0.4, 0.5) is 10.5 Å². The van der Waals surface area contributed by atoms with Crippen LogP contribution in [0.3, 0.4) is 0 Å². The molecule has 35 heavy (non-hydrogen) atoms. The zero-order valence-corrected chi connectivity index (χ0v) is 19.0. The zero-order chi connectivity index (χ0) is 24.4. The third kappa shape index (κ3) is 4.59. The van der Waals surface area contributed by atoms with Crippen LogP contribution >= 0.6 is 0 Å². The molecule has 178 valence electrons. The monoisotopic (exact) mass is 471 g/mol. The molecule has 2 N–H and O–H groups in total. The number of amides is 2. The molecule has 1 fully saturated rings. The molecule has 5 rings (SSSR count). The van der Waals surface area contributed by atoms with Crippen LogP contribution in [0.15, 0.2) is 66.9 Å². The first-order valence-electron chi connectivity index (χ1n) is 11.6. The van der Waals surface area contributed by atoms with E-state index in [4.69, 9.17) is 4.74 Å². The number of carboxylic acids is 1. The average molecular weight is 472 g/mol. The number of piperidine rings is 1. The Kier molecular flexibility index (Phi) is 6.18. The number of carbonyl (C=O) groups is 3. The van der Waals surface area contributed by atoms with Crippen LogP contribution in [0, 0.1) is 5.92 Å². The SMILES string of the molecule is O=C(Nc1ccc(C(=O)N2CCC[C@@H](C(=O)O)C2)nc1)OCC1c2ccccc2-c2ccccc21. The third-order valence-electron chi connectivity index (χ3n) is 6.63. The summed E-state index contributed by atoms with van der Waals surface area (Å²) >= 11 is 0. The summed E-state index contributed by atoms with van der Waals surface area (Å²) in [7, 11) is 0. The molecular weight excluding hydrogens is 446 g/mol. The Balaban J connectivity index is 1.19. The van der Waals surface area contributed by atoms with Gasteiger partial charge in [-0.25, -0.2) is 9.78 Å². The number of ether oxygens (including phenoxy) is 1. The van der Waals surface area contributed by atoms with Gasteiger partial charge in [-0.1, -0.05) is 48.5 Å². The number of likely N-dealkylation sites (tertiary alicyclic amines) is 1. The second-order valence-corrected chi connectivity index (χ2v) is 8.81. The number of aliphatic carboxylic acids is 1. The van der Waals surface area contributed by atoms with Crippen LogP contribution in [0.25, 0.3) is 11.1 Å². The number of benzene rings is 2. The van der Waals surface area contributed by atoms with Crippen molar-refractivity contribution in [3.05, 3.63) is 83.7 Å². The largest absolute Gasteiger partial charge is 0.481 e. The van der Waals surface area contributed by atoms with Crippen LogP contribution in [0.2, 0.25) is 0 Å². The van der Waals surface area contributed by atoms with Crippen molar-refractivity contribution in [3.63, 3.8) is 0 Å². The second kappa shape index (κ2) is 9.58. The minimum atomic E-state index is -0.891. The number of pyridine rings is 1. The van der Waals surface area contributed by atoms with Crippen molar-refractivity contribution in [2.45, 2.75) is 18.8 Å². The summed E-state index contributed by atoms with van der Waals surface area (Å²) in [6.45, 7) is 0.878. The van der Waals surface area contributed by atoms with Crippen molar-refractivity contribution >= 4 is 23.7 Å². The van der Waals surface area contributed by atoms with Crippen molar-refractivity contribution in [1.82, 2.24) is 9.88 Å². The van der Waals surface area contributed by atoms with Crippen molar-refractivity contribution in [1.29, 1.82) is 0 Å². The van der Waals surface area contributed by atoms with E-state index in [1.54, 1.807) is 6.07 Å². The highest BCUT2D eigenvalue weighted by molar-refractivity contribution is 5.93. The predicted molar refractivity (Wildman–Crippen MR) is 129 cm³/mol. The van der Waals surface area contributed by atoms with E-state index in [-0.39, 0.29) is 30.7 Å². The van der Waals surface area contributed by atoms with Gasteiger partial charge in [0.15, 0.2) is 0 Å². The van der Waals surface area contributed by atoms with Crippen molar-refractivity contribution < 1.29 is 24.2 Å². The molecule has 0 unspecified atom stereocenters. The lowest BCUT2D eigenvalue weighted by Crippen LogP contribution is -2.42. The first kappa shape index (κ1) is 22.6. The van der Waals surface area contributed by atoms with Crippen LogP contribution in [-0.2, 0) is 9.53 Å². The van der Waals surface area contributed by atoms with E-state index >= 15 is 0 Å². The van der Waals surface area contributed by atoms with Crippen LogP contribution in [-0.4, -0.2) is 52.7 Å². The predicted octanol–water partition coefficient (Wildman–Crippen LogP) is 4.38. The van der Waals surface area contributed by atoms with E-state index in [9.17, 15) is 19.5 Å². The third-order valence-corrected chi connectivity index (χ3v) is 6.63. The van der Waals surface area contributed by atoms with Gasteiger partial charge in [-0.05, 0) is 47.2 Å². The molecule has 1 aliphatic heterocycles. The second-order valence-electron chi connectivity index (χ2n) is 8.81. The topological polar surface area (TPSA) is 109 Å². The summed E-state index contributed by atoms with van der Waals surface area (Å²) in [4.78, 5) is 42.1. The van der Waals surface area contributed by atoms with Crippen LogP contribution in [0.1, 0.15) is 40.4 Å². The number of rotatable bonds is 5. The number of carboxylic acid groups (broad SMARTS) is 1. The van der Waals surface area contributed by atoms with Gasteiger partial charge < -0.3 is 14.7 Å². The molecule has 2 aromatic carbocycles. The Morgan fingerprint density at radius 1 is 1.00 bits per heavy atom. The Morgan fingerprint density at radius 3 is 2.31 bits per heavy atom. The fourth-order valence-corrected chi connectivity index (χ4v) is 4.87. The summed E-state index contributed by atoms with van der Waals surface area (Å²) in [5.74, 6) is -1.80. The van der Waals surface area contributed by atoms with Gasteiger partial charge in [-0.15, -0.1) is 0 Å². The Bertz CT molecular complexity index is 1230. The van der Waals surface area contributed by atoms with E-state index in [1.807, 2.05) is 24.3 Å². The maximum absolute atomic E-state index is 12.7. The highest BCUT2D eigenvalue weighted by Crippen LogP contribution is 2.44. The summed E-state index contributed by atoms with van der Waals surface area (Å²) < 4.78 is 5.54. The molecule has 8 heteroatoms. The Morgan fingerprint density at radius 2 is 1.69 bits per heavy atom. The molecule has 0 radical (unpaired) electrons. The minimum absolute atomic E-state index is 0.0366. The number of nitrogens with zero attached hydrogens (tertiary/aromatic N) is 2. The van der Waals surface area contributed by atoms with Gasteiger partial charge in [-0.3, -0.25) is 14.9 Å². The van der Waals surface area contributed by atoms with Gasteiger partial charge >= 0.3 is 12.1 Å². The standard InChI is InChI=1S/C27H25N3O5/c31-25(30-13-5-6-17(15-30)26(32)33)24-12-11-18(14-28-24)29-27(34)35-16-23-21-9-3-1-7-19(21)20-8-2-4-10-22(20)23/h1-4,7-12,14,17,23H,5-6,13,15-16H2,(H,29,34)(H,32,33)/t17-/m1/s1. The Labute approximate surface area is 202 Å². The normalized spacial score (nSPS) is 16.8. The van der Waals surface area contributed by atoms with Gasteiger partial charge in [0.25, 0.3) is 5.91 Å². The van der Waals surface area contributed by atoms with E-state index in [1.165, 1.54) is 17.2 Å². The number of hydrogen-bond acceptors (Lipinski definition) is 5. The fraction of sp³-hybridized carbons (Fsp3) is 0.259. The van der Waals surface area contributed by atoms with E-state index < -0.39 is 18.0 Å². The molecule has 2 heterocycles. The molecule has 0 bridgehead atoms. The van der Waals surface area contributed by atoms with Gasteiger partial charge in [0, 0.05) is 19.0 Å². The molecule has 1 aromatic heterocycles. The zero-order valence-electron chi connectivity index (χ0n) is 19.0. The van der Waals surface area contributed by atoms with Gasteiger partial charge in [0.1, 0.15) is 12.3 Å². The fourth-order valence-electron chi connectivity index (χ4n) is 4.87. The molecule has 3 aromatic rings. The smallest absolute Gasteiger partial charge is 0.411 e. The molecule has 1 atom stereocenters. The van der Waals surface area contributed by atoms with E-state index in [0.29, 0.717) is 25.1 Å². The quantitative estimate of drug-likeness (QED) is 0.572. The first-order chi connectivity index (χ1) is 17.0. The number of fused-ring (bicyclic) bond motifs is 3. The van der Waals surface area contributed by atoms with Crippen molar-refractivity contribution in [3.8, 4) is 11.1 Å². The lowest BCUT2D eigenvalue weighted by molar-refractivity contribution is -0.143. The Hall–Kier alpha value is -4.20. The summed E-state index contributed by atoms with van der Waals surface area (Å²) in [5, 5.41) is 11.9. The molecule has 1 saturated heterocycles. The minimum Gasteiger partial charge on any atom is -0.481 e. The number of anilines is 1. The highest BCUT2D eigenvalue weighted by Gasteiger charge is 2.30. The van der Waals surface area contributed by atoms with Gasteiger partial charge in [-0.2, -0.15) is 0 Å². The lowest BCUT2D eigenvalue weighted by atomic mass is 9.98. The molecule has 2 aliphatic rings. The number of aromatic nitrogens is 1.